The number of aryl methyl sites for hydroxylation is 1. The van der Waals surface area contributed by atoms with Crippen LogP contribution in [0.2, 0.25) is 0 Å². The number of benzene rings is 2. The molecule has 0 radical (unpaired) electrons. The summed E-state index contributed by atoms with van der Waals surface area (Å²) in [5.41, 5.74) is 2.77. The highest BCUT2D eigenvalue weighted by Gasteiger charge is 2.26. The smallest absolute Gasteiger partial charge is 0.242 e. The molecule has 1 atom stereocenters. The Morgan fingerprint density at radius 3 is 2.43 bits per heavy atom. The van der Waals surface area contributed by atoms with E-state index in [4.69, 9.17) is 0 Å². The molecule has 0 spiro atoms. The van der Waals surface area contributed by atoms with Crippen LogP contribution in [0.5, 0.6) is 0 Å². The van der Waals surface area contributed by atoms with E-state index >= 15 is 0 Å². The van der Waals surface area contributed by atoms with E-state index in [0.29, 0.717) is 17.9 Å². The van der Waals surface area contributed by atoms with Gasteiger partial charge in [0.05, 0.1) is 5.75 Å². The van der Waals surface area contributed by atoms with Crippen LogP contribution in [0.25, 0.3) is 0 Å². The van der Waals surface area contributed by atoms with Gasteiger partial charge in [-0.05, 0) is 37.5 Å². The largest absolute Gasteiger partial charge is 0.354 e. The lowest BCUT2D eigenvalue weighted by Gasteiger charge is -2.29. The number of thioether (sulfide) groups is 1. The average molecular weight is 431 g/mol. The summed E-state index contributed by atoms with van der Waals surface area (Å²) in [4.78, 5) is 27.1. The van der Waals surface area contributed by atoms with E-state index in [1.165, 1.54) is 33.9 Å². The van der Waals surface area contributed by atoms with Crippen LogP contribution in [0.4, 0.5) is 4.39 Å². The molecular weight excluding hydrogens is 399 g/mol. The second-order valence-electron chi connectivity index (χ2n) is 7.35. The predicted octanol–water partition coefficient (Wildman–Crippen LogP) is 4.70. The fourth-order valence-corrected chi connectivity index (χ4v) is 4.02. The quantitative estimate of drug-likeness (QED) is 0.526. The molecule has 0 bridgehead atoms. The van der Waals surface area contributed by atoms with Crippen molar-refractivity contribution in [2.45, 2.75) is 52.0 Å². The maximum Gasteiger partial charge on any atom is 0.242 e. The van der Waals surface area contributed by atoms with Gasteiger partial charge in [0.15, 0.2) is 0 Å². The molecule has 0 aromatic heterocycles. The van der Waals surface area contributed by atoms with Crippen molar-refractivity contribution in [3.8, 4) is 0 Å². The van der Waals surface area contributed by atoms with Gasteiger partial charge in [-0.1, -0.05) is 55.8 Å². The van der Waals surface area contributed by atoms with Gasteiger partial charge >= 0.3 is 0 Å². The average Bonchev–Trinajstić information content (AvgIpc) is 2.74. The molecule has 6 heteroatoms. The highest BCUT2D eigenvalue weighted by Crippen LogP contribution is 2.19. The first-order chi connectivity index (χ1) is 14.4. The molecule has 0 aliphatic rings. The van der Waals surface area contributed by atoms with Crippen molar-refractivity contribution in [3.63, 3.8) is 0 Å². The van der Waals surface area contributed by atoms with Crippen molar-refractivity contribution < 1.29 is 14.0 Å². The van der Waals surface area contributed by atoms with Gasteiger partial charge in [0.25, 0.3) is 0 Å². The molecular formula is C24H31FN2O2S. The van der Waals surface area contributed by atoms with Gasteiger partial charge < -0.3 is 10.2 Å². The minimum Gasteiger partial charge on any atom is -0.354 e. The molecule has 1 unspecified atom stereocenters. The number of nitrogens with one attached hydrogen (secondary N) is 1. The van der Waals surface area contributed by atoms with Crippen molar-refractivity contribution in [2.24, 2.45) is 0 Å². The summed E-state index contributed by atoms with van der Waals surface area (Å²) in [6.45, 7) is 6.44. The molecule has 0 heterocycles. The molecule has 0 saturated carbocycles. The minimum absolute atomic E-state index is 0.0682. The lowest BCUT2D eigenvalue weighted by molar-refractivity contribution is -0.138. The molecule has 162 valence electrons. The molecule has 2 aromatic carbocycles. The number of unbranched alkanes of at least 4 members (excludes halogenated alkanes) is 1. The number of carbonyl (C=O) groups is 2. The number of hydrogen-bond donors (Lipinski definition) is 1. The summed E-state index contributed by atoms with van der Waals surface area (Å²) in [7, 11) is 0. The van der Waals surface area contributed by atoms with Gasteiger partial charge in [-0.2, -0.15) is 0 Å². The number of halogens is 1. The second-order valence-corrected chi connectivity index (χ2v) is 8.34. The fraction of sp³-hybridized carbons (Fsp3) is 0.417. The molecule has 2 amide bonds. The maximum atomic E-state index is 14.2. The first kappa shape index (κ1) is 23.9. The molecule has 0 aliphatic heterocycles. The molecule has 30 heavy (non-hydrogen) atoms. The number of hydrogen-bond acceptors (Lipinski definition) is 3. The van der Waals surface area contributed by atoms with Gasteiger partial charge in [0.2, 0.25) is 11.8 Å². The van der Waals surface area contributed by atoms with Crippen molar-refractivity contribution in [2.75, 3.05) is 12.3 Å². The van der Waals surface area contributed by atoms with E-state index in [2.05, 4.69) is 12.2 Å². The summed E-state index contributed by atoms with van der Waals surface area (Å²) in [5.74, 6) is 0.187. The Morgan fingerprint density at radius 1 is 1.10 bits per heavy atom. The minimum atomic E-state index is -0.673. The topological polar surface area (TPSA) is 49.4 Å². The zero-order chi connectivity index (χ0) is 21.9. The van der Waals surface area contributed by atoms with Crippen LogP contribution in [0, 0.1) is 12.7 Å². The van der Waals surface area contributed by atoms with E-state index < -0.39 is 6.04 Å². The lowest BCUT2D eigenvalue weighted by Crippen LogP contribution is -2.48. The third-order valence-corrected chi connectivity index (χ3v) is 6.01. The number of carbonyl (C=O) groups excluding carboxylic acids is 2. The Morgan fingerprint density at radius 2 is 1.77 bits per heavy atom. The van der Waals surface area contributed by atoms with Crippen LogP contribution >= 0.6 is 11.8 Å². The predicted molar refractivity (Wildman–Crippen MR) is 122 cm³/mol. The molecule has 2 aromatic rings. The molecule has 2 rings (SSSR count). The Bertz CT molecular complexity index is 843. The van der Waals surface area contributed by atoms with E-state index in [9.17, 15) is 14.0 Å². The first-order valence-electron chi connectivity index (χ1n) is 10.4. The standard InChI is InChI=1S/C24H31FN2O2S/c1-4-5-14-26-24(29)19(3)27(15-20-11-8-9-13-22(20)25)23(28)17-30-16-21-12-7-6-10-18(21)2/h6-13,19H,4-5,14-17H2,1-3H3,(H,26,29). The lowest BCUT2D eigenvalue weighted by atomic mass is 10.1. The molecule has 0 saturated heterocycles. The Labute approximate surface area is 183 Å². The zero-order valence-electron chi connectivity index (χ0n) is 18.0. The number of nitrogens with zero attached hydrogens (tertiary/aromatic N) is 1. The Kier molecular flexibility index (Phi) is 9.87. The zero-order valence-corrected chi connectivity index (χ0v) is 18.8. The molecule has 1 N–H and O–H groups in total. The van der Waals surface area contributed by atoms with Crippen molar-refractivity contribution in [1.82, 2.24) is 10.2 Å². The van der Waals surface area contributed by atoms with Gasteiger partial charge in [0.1, 0.15) is 11.9 Å². The summed E-state index contributed by atoms with van der Waals surface area (Å²) < 4.78 is 14.2. The van der Waals surface area contributed by atoms with Crippen LogP contribution in [-0.2, 0) is 21.9 Å². The third kappa shape index (κ3) is 7.17. The molecule has 0 aliphatic carbocycles. The first-order valence-corrected chi connectivity index (χ1v) is 11.5. The fourth-order valence-electron chi connectivity index (χ4n) is 3.03. The Hall–Kier alpha value is -2.34. The van der Waals surface area contributed by atoms with Crippen molar-refractivity contribution >= 4 is 23.6 Å². The van der Waals surface area contributed by atoms with E-state index in [1.807, 2.05) is 31.2 Å². The number of rotatable bonds is 11. The van der Waals surface area contributed by atoms with Crippen molar-refractivity contribution in [1.29, 1.82) is 0 Å². The Balaban J connectivity index is 2.07. The van der Waals surface area contributed by atoms with E-state index in [1.54, 1.807) is 25.1 Å². The summed E-state index contributed by atoms with van der Waals surface area (Å²) in [6.07, 6.45) is 1.86. The van der Waals surface area contributed by atoms with Gasteiger partial charge in [-0.15, -0.1) is 11.8 Å². The van der Waals surface area contributed by atoms with E-state index in [-0.39, 0.29) is 29.9 Å². The van der Waals surface area contributed by atoms with E-state index in [0.717, 1.165) is 12.8 Å². The van der Waals surface area contributed by atoms with Gasteiger partial charge in [0, 0.05) is 24.4 Å². The van der Waals surface area contributed by atoms with Crippen LogP contribution < -0.4 is 5.32 Å². The molecule has 0 fully saturated rings. The highest BCUT2D eigenvalue weighted by atomic mass is 32.2. The van der Waals surface area contributed by atoms with Crippen molar-refractivity contribution in [3.05, 3.63) is 71.0 Å². The normalized spacial score (nSPS) is 11.7. The summed E-state index contributed by atoms with van der Waals surface area (Å²) >= 11 is 1.51. The third-order valence-electron chi connectivity index (χ3n) is 5.04. The second kappa shape index (κ2) is 12.4. The SMILES string of the molecule is CCCCNC(=O)C(C)N(Cc1ccccc1F)C(=O)CSCc1ccccc1C. The van der Waals surface area contributed by atoms with Gasteiger partial charge in [-0.3, -0.25) is 9.59 Å². The maximum absolute atomic E-state index is 14.2. The highest BCUT2D eigenvalue weighted by molar-refractivity contribution is 7.99. The monoisotopic (exact) mass is 430 g/mol. The number of amides is 2. The van der Waals surface area contributed by atoms with Crippen LogP contribution in [0.1, 0.15) is 43.4 Å². The molecule has 4 nitrogen and oxygen atoms in total. The van der Waals surface area contributed by atoms with Crippen LogP contribution in [0.15, 0.2) is 48.5 Å². The summed E-state index contributed by atoms with van der Waals surface area (Å²) in [6, 6.07) is 13.8. The van der Waals surface area contributed by atoms with Crippen LogP contribution in [-0.4, -0.2) is 35.1 Å². The van der Waals surface area contributed by atoms with Gasteiger partial charge in [-0.25, -0.2) is 4.39 Å². The summed E-state index contributed by atoms with van der Waals surface area (Å²) in [5, 5.41) is 2.88. The van der Waals surface area contributed by atoms with Crippen LogP contribution in [0.3, 0.4) is 0 Å².